The molecule has 2 aromatic rings. The van der Waals surface area contributed by atoms with Crippen LogP contribution < -0.4 is 9.47 Å². The van der Waals surface area contributed by atoms with Crippen LogP contribution >= 0.6 is 11.6 Å². The number of ketones is 1. The average Bonchev–Trinajstić information content (AvgIpc) is 3.04. The summed E-state index contributed by atoms with van der Waals surface area (Å²) < 4.78 is 15.5. The summed E-state index contributed by atoms with van der Waals surface area (Å²) in [6.07, 6.45) is 0.492. The van der Waals surface area contributed by atoms with Gasteiger partial charge in [-0.1, -0.05) is 23.7 Å². The van der Waals surface area contributed by atoms with Crippen LogP contribution in [0.4, 0.5) is 0 Å². The number of amides is 1. The number of carbonyl (C=O) groups excluding carboxylic acids is 3. The molecule has 3 rings (SSSR count). The zero-order chi connectivity index (χ0) is 24.1. The molecule has 1 unspecified atom stereocenters. The summed E-state index contributed by atoms with van der Waals surface area (Å²) in [5.41, 5.74) is 0.671. The molecule has 0 aliphatic carbocycles. The number of benzene rings is 2. The Bertz CT molecular complexity index is 1090. The Balaban J connectivity index is 2.14. The van der Waals surface area contributed by atoms with Gasteiger partial charge in [0.05, 0.1) is 24.3 Å². The summed E-state index contributed by atoms with van der Waals surface area (Å²) in [7, 11) is 2.97. The van der Waals surface area contributed by atoms with E-state index < -0.39 is 29.5 Å². The van der Waals surface area contributed by atoms with Gasteiger partial charge in [-0.05, 0) is 42.3 Å². The number of aliphatic hydroxyl groups is 1. The van der Waals surface area contributed by atoms with Gasteiger partial charge in [0, 0.05) is 32.2 Å². The number of methoxy groups -OCH3 is 2. The number of carbonyl (C=O) groups is 3. The third-order valence-electron chi connectivity index (χ3n) is 5.16. The molecular formula is C24H24ClNO7. The molecule has 0 radical (unpaired) electrons. The molecule has 33 heavy (non-hydrogen) atoms. The third-order valence-corrected chi connectivity index (χ3v) is 5.40. The number of nitrogens with zero attached hydrogens (tertiary/aromatic N) is 1. The van der Waals surface area contributed by atoms with Gasteiger partial charge in [-0.25, -0.2) is 0 Å². The second kappa shape index (κ2) is 10.5. The Morgan fingerprint density at radius 2 is 1.82 bits per heavy atom. The summed E-state index contributed by atoms with van der Waals surface area (Å²) in [5, 5.41) is 11.5. The largest absolute Gasteiger partial charge is 0.507 e. The maximum Gasteiger partial charge on any atom is 0.308 e. The number of aliphatic hydroxyl groups excluding tert-OH is 1. The Morgan fingerprint density at radius 1 is 1.12 bits per heavy atom. The first-order chi connectivity index (χ1) is 15.8. The minimum atomic E-state index is -0.864. The Hall–Kier alpha value is -3.36. The quantitative estimate of drug-likeness (QED) is 0.156. The van der Waals surface area contributed by atoms with E-state index in [1.165, 1.54) is 25.0 Å². The maximum absolute atomic E-state index is 13.1. The topological polar surface area (TPSA) is 102 Å². The molecule has 1 amide bonds. The van der Waals surface area contributed by atoms with E-state index in [2.05, 4.69) is 0 Å². The van der Waals surface area contributed by atoms with Gasteiger partial charge in [-0.15, -0.1) is 0 Å². The number of likely N-dealkylation sites (tertiary alicyclic amines) is 1. The van der Waals surface area contributed by atoms with Crippen molar-refractivity contribution in [2.75, 3.05) is 27.4 Å². The number of hydrogen-bond donors (Lipinski definition) is 1. The zero-order valence-electron chi connectivity index (χ0n) is 18.5. The lowest BCUT2D eigenvalue weighted by Crippen LogP contribution is -2.31. The number of esters is 1. The van der Waals surface area contributed by atoms with E-state index in [0.717, 1.165) is 0 Å². The maximum atomic E-state index is 13.1. The van der Waals surface area contributed by atoms with Crippen molar-refractivity contribution in [3.05, 3.63) is 64.2 Å². The number of rotatable bonds is 8. The smallest absolute Gasteiger partial charge is 0.308 e. The lowest BCUT2D eigenvalue weighted by Gasteiger charge is -2.25. The van der Waals surface area contributed by atoms with Gasteiger partial charge < -0.3 is 24.2 Å². The first-order valence-corrected chi connectivity index (χ1v) is 10.6. The number of halogens is 1. The SMILES string of the molecule is COCCCN1C(=O)C(=O)/C(=C(/O)c2cc(Cl)ccc2OC)C1c1ccc(OC(C)=O)cc1. The Labute approximate surface area is 196 Å². The molecule has 9 heteroatoms. The fourth-order valence-electron chi connectivity index (χ4n) is 3.73. The second-order valence-corrected chi connectivity index (χ2v) is 7.78. The third kappa shape index (κ3) is 5.18. The fourth-order valence-corrected chi connectivity index (χ4v) is 3.90. The van der Waals surface area contributed by atoms with Gasteiger partial charge in [-0.3, -0.25) is 14.4 Å². The molecule has 2 aromatic carbocycles. The second-order valence-electron chi connectivity index (χ2n) is 7.35. The molecule has 0 spiro atoms. The molecular weight excluding hydrogens is 450 g/mol. The van der Waals surface area contributed by atoms with Crippen LogP contribution in [0.5, 0.6) is 11.5 Å². The van der Waals surface area contributed by atoms with Crippen LogP contribution in [0.1, 0.15) is 30.5 Å². The number of Topliss-reactive ketones (excluding diaryl/α,β-unsaturated/α-hetero) is 1. The molecule has 0 bridgehead atoms. The molecule has 0 aromatic heterocycles. The number of ether oxygens (including phenoxy) is 3. The van der Waals surface area contributed by atoms with E-state index >= 15 is 0 Å². The Kier molecular flexibility index (Phi) is 7.73. The van der Waals surface area contributed by atoms with Crippen LogP contribution in [0.2, 0.25) is 5.02 Å². The zero-order valence-corrected chi connectivity index (χ0v) is 19.2. The van der Waals surface area contributed by atoms with E-state index in [4.69, 9.17) is 25.8 Å². The highest BCUT2D eigenvalue weighted by Crippen LogP contribution is 2.41. The summed E-state index contributed by atoms with van der Waals surface area (Å²) >= 11 is 6.11. The highest BCUT2D eigenvalue weighted by atomic mass is 35.5. The van der Waals surface area contributed by atoms with Gasteiger partial charge >= 0.3 is 5.97 Å². The summed E-state index contributed by atoms with van der Waals surface area (Å²) in [6, 6.07) is 10.2. The van der Waals surface area contributed by atoms with E-state index in [1.807, 2.05) is 0 Å². The van der Waals surface area contributed by atoms with E-state index in [9.17, 15) is 19.5 Å². The summed E-state index contributed by atoms with van der Waals surface area (Å²) in [5.74, 6) is -1.80. The van der Waals surface area contributed by atoms with Crippen molar-refractivity contribution < 1.29 is 33.7 Å². The van der Waals surface area contributed by atoms with Crippen molar-refractivity contribution in [2.45, 2.75) is 19.4 Å². The average molecular weight is 474 g/mol. The predicted octanol–water partition coefficient (Wildman–Crippen LogP) is 3.73. The minimum absolute atomic E-state index is 0.0850. The molecule has 0 saturated carbocycles. The Morgan fingerprint density at radius 3 is 2.42 bits per heavy atom. The minimum Gasteiger partial charge on any atom is -0.507 e. The van der Waals surface area contributed by atoms with Crippen molar-refractivity contribution in [1.29, 1.82) is 0 Å². The van der Waals surface area contributed by atoms with Crippen LogP contribution in [0, 0.1) is 0 Å². The van der Waals surface area contributed by atoms with Crippen LogP contribution in [-0.2, 0) is 19.1 Å². The van der Waals surface area contributed by atoms with Crippen molar-refractivity contribution in [2.24, 2.45) is 0 Å². The van der Waals surface area contributed by atoms with Gasteiger partial charge in [0.2, 0.25) is 0 Å². The number of hydrogen-bond acceptors (Lipinski definition) is 7. The standard InChI is InChI=1S/C24H24ClNO7/c1-14(27)33-17-8-5-15(6-9-17)21-20(23(29)24(30)26(21)11-4-12-31-2)22(28)18-13-16(25)7-10-19(18)32-3/h5-10,13,21,28H,4,11-12H2,1-3H3/b22-20+. The van der Waals surface area contributed by atoms with Crippen molar-refractivity contribution in [3.8, 4) is 11.5 Å². The van der Waals surface area contributed by atoms with Crippen LogP contribution in [0.25, 0.3) is 5.76 Å². The monoisotopic (exact) mass is 473 g/mol. The molecule has 1 atom stereocenters. The predicted molar refractivity (Wildman–Crippen MR) is 121 cm³/mol. The summed E-state index contributed by atoms with van der Waals surface area (Å²) in [4.78, 5) is 38.6. The highest BCUT2D eigenvalue weighted by Gasteiger charge is 2.46. The molecule has 174 valence electrons. The normalized spacial score (nSPS) is 17.3. The van der Waals surface area contributed by atoms with E-state index in [0.29, 0.717) is 35.1 Å². The highest BCUT2D eigenvalue weighted by molar-refractivity contribution is 6.46. The molecule has 1 aliphatic heterocycles. The van der Waals surface area contributed by atoms with Crippen LogP contribution in [0.15, 0.2) is 48.0 Å². The lowest BCUT2D eigenvalue weighted by molar-refractivity contribution is -0.140. The van der Waals surface area contributed by atoms with Gasteiger partial charge in [0.1, 0.15) is 17.3 Å². The van der Waals surface area contributed by atoms with Gasteiger partial charge in [0.25, 0.3) is 11.7 Å². The molecule has 1 saturated heterocycles. The molecule has 1 heterocycles. The van der Waals surface area contributed by atoms with E-state index in [1.54, 1.807) is 43.5 Å². The first-order valence-electron chi connectivity index (χ1n) is 10.2. The molecule has 1 fully saturated rings. The lowest BCUT2D eigenvalue weighted by atomic mass is 9.95. The van der Waals surface area contributed by atoms with E-state index in [-0.39, 0.29) is 17.7 Å². The first kappa shape index (κ1) is 24.3. The molecule has 8 nitrogen and oxygen atoms in total. The fraction of sp³-hybridized carbons (Fsp3) is 0.292. The van der Waals surface area contributed by atoms with Gasteiger partial charge in [-0.2, -0.15) is 0 Å². The molecule has 1 aliphatic rings. The van der Waals surface area contributed by atoms with Crippen LogP contribution in [-0.4, -0.2) is 55.0 Å². The van der Waals surface area contributed by atoms with Crippen molar-refractivity contribution in [3.63, 3.8) is 0 Å². The molecule has 1 N–H and O–H groups in total. The van der Waals surface area contributed by atoms with Gasteiger partial charge in [0.15, 0.2) is 0 Å². The van der Waals surface area contributed by atoms with Crippen molar-refractivity contribution >= 4 is 35.0 Å². The summed E-state index contributed by atoms with van der Waals surface area (Å²) in [6.45, 7) is 1.92. The van der Waals surface area contributed by atoms with Crippen LogP contribution in [0.3, 0.4) is 0 Å². The van der Waals surface area contributed by atoms with Crippen molar-refractivity contribution in [1.82, 2.24) is 4.90 Å².